The zero-order valence-electron chi connectivity index (χ0n) is 10.0. The van der Waals surface area contributed by atoms with Crippen molar-refractivity contribution in [2.75, 3.05) is 39.3 Å². The lowest BCUT2D eigenvalue weighted by molar-refractivity contribution is 0.0560. The van der Waals surface area contributed by atoms with Crippen LogP contribution in [-0.2, 0) is 0 Å². The summed E-state index contributed by atoms with van der Waals surface area (Å²) < 4.78 is 0. The van der Waals surface area contributed by atoms with E-state index in [0.717, 1.165) is 13.1 Å². The summed E-state index contributed by atoms with van der Waals surface area (Å²) >= 11 is 0. The number of rotatable bonds is 5. The summed E-state index contributed by atoms with van der Waals surface area (Å²) in [7, 11) is 0. The van der Waals surface area contributed by atoms with Gasteiger partial charge in [0, 0.05) is 31.7 Å². The highest BCUT2D eigenvalue weighted by Gasteiger charge is 2.37. The smallest absolute Gasteiger partial charge is 0.0412 e. The van der Waals surface area contributed by atoms with Crippen LogP contribution in [0.25, 0.3) is 0 Å². The maximum atomic E-state index is 6.23. The molecule has 2 saturated heterocycles. The van der Waals surface area contributed by atoms with Crippen LogP contribution < -0.4 is 5.73 Å². The Bertz CT molecular complexity index is 193. The molecule has 0 spiro atoms. The number of hydrogen-bond donors (Lipinski definition) is 1. The first-order chi connectivity index (χ1) is 7.22. The topological polar surface area (TPSA) is 32.5 Å². The van der Waals surface area contributed by atoms with Crippen LogP contribution >= 0.6 is 0 Å². The number of hydrogen-bond acceptors (Lipinski definition) is 3. The molecule has 0 aromatic carbocycles. The first-order valence-electron chi connectivity index (χ1n) is 6.45. The fraction of sp³-hybridized carbons (Fsp3) is 1.00. The van der Waals surface area contributed by atoms with Gasteiger partial charge in [-0.15, -0.1) is 0 Å². The highest BCUT2D eigenvalue weighted by molar-refractivity contribution is 4.99. The van der Waals surface area contributed by atoms with Crippen LogP contribution in [0.1, 0.15) is 32.6 Å². The standard InChI is InChI=1S/C12H25N3/c1-2-5-12(13)10-15(11-12)9-8-14-6-3-4-7-14/h2-11,13H2,1H3. The van der Waals surface area contributed by atoms with E-state index >= 15 is 0 Å². The molecule has 2 rings (SSSR count). The van der Waals surface area contributed by atoms with Crippen LogP contribution in [0.3, 0.4) is 0 Å². The van der Waals surface area contributed by atoms with Crippen LogP contribution in [0, 0.1) is 0 Å². The third kappa shape index (κ3) is 2.92. The molecule has 0 bridgehead atoms. The van der Waals surface area contributed by atoms with E-state index in [2.05, 4.69) is 16.7 Å². The lowest BCUT2D eigenvalue weighted by Gasteiger charge is -2.48. The Hall–Kier alpha value is -0.120. The highest BCUT2D eigenvalue weighted by Crippen LogP contribution is 2.22. The monoisotopic (exact) mass is 211 g/mol. The van der Waals surface area contributed by atoms with Crippen LogP contribution in [0.5, 0.6) is 0 Å². The van der Waals surface area contributed by atoms with Gasteiger partial charge in [-0.1, -0.05) is 13.3 Å². The Kier molecular flexibility index (Phi) is 3.65. The van der Waals surface area contributed by atoms with E-state index in [-0.39, 0.29) is 5.54 Å². The first-order valence-corrected chi connectivity index (χ1v) is 6.45. The molecule has 15 heavy (non-hydrogen) atoms. The molecule has 2 heterocycles. The molecular weight excluding hydrogens is 186 g/mol. The maximum absolute atomic E-state index is 6.23. The van der Waals surface area contributed by atoms with Crippen LogP contribution in [0.4, 0.5) is 0 Å². The lowest BCUT2D eigenvalue weighted by atomic mass is 9.86. The average molecular weight is 211 g/mol. The molecule has 3 nitrogen and oxygen atoms in total. The molecule has 0 saturated carbocycles. The van der Waals surface area contributed by atoms with Crippen molar-refractivity contribution in [2.24, 2.45) is 5.73 Å². The van der Waals surface area contributed by atoms with Gasteiger partial charge in [-0.3, -0.25) is 4.90 Å². The van der Waals surface area contributed by atoms with Gasteiger partial charge in [-0.05, 0) is 32.4 Å². The maximum Gasteiger partial charge on any atom is 0.0412 e. The van der Waals surface area contributed by atoms with Crippen LogP contribution in [0.2, 0.25) is 0 Å². The minimum absolute atomic E-state index is 0.153. The normalized spacial score (nSPS) is 26.8. The SMILES string of the molecule is CCCC1(N)CN(CCN2CCCC2)C1. The number of nitrogens with two attached hydrogens (primary N) is 1. The second-order valence-electron chi connectivity index (χ2n) is 5.37. The summed E-state index contributed by atoms with van der Waals surface area (Å²) in [5.74, 6) is 0. The fourth-order valence-electron chi connectivity index (χ4n) is 2.95. The van der Waals surface area contributed by atoms with Gasteiger partial charge in [0.05, 0.1) is 0 Å². The van der Waals surface area contributed by atoms with Crippen LogP contribution in [-0.4, -0.2) is 54.6 Å². The first kappa shape index (κ1) is 11.4. The Morgan fingerprint density at radius 1 is 1.07 bits per heavy atom. The number of likely N-dealkylation sites (tertiary alicyclic amines) is 2. The largest absolute Gasteiger partial charge is 0.323 e. The van der Waals surface area contributed by atoms with E-state index < -0.39 is 0 Å². The fourth-order valence-corrected chi connectivity index (χ4v) is 2.95. The van der Waals surface area contributed by atoms with Crippen molar-refractivity contribution in [3.63, 3.8) is 0 Å². The van der Waals surface area contributed by atoms with Gasteiger partial charge in [0.2, 0.25) is 0 Å². The Balaban J connectivity index is 1.59. The summed E-state index contributed by atoms with van der Waals surface area (Å²) in [5.41, 5.74) is 6.38. The minimum Gasteiger partial charge on any atom is -0.323 e. The Labute approximate surface area is 93.6 Å². The van der Waals surface area contributed by atoms with Crippen molar-refractivity contribution in [3.05, 3.63) is 0 Å². The van der Waals surface area contributed by atoms with Crippen molar-refractivity contribution >= 4 is 0 Å². The molecule has 0 unspecified atom stereocenters. The van der Waals surface area contributed by atoms with Crippen molar-refractivity contribution in [2.45, 2.75) is 38.1 Å². The Morgan fingerprint density at radius 2 is 1.67 bits per heavy atom. The summed E-state index contributed by atoms with van der Waals surface area (Å²) in [6.07, 6.45) is 5.21. The van der Waals surface area contributed by atoms with E-state index in [1.165, 1.54) is 51.9 Å². The summed E-state index contributed by atoms with van der Waals surface area (Å²) in [6.45, 7) is 9.57. The van der Waals surface area contributed by atoms with Gasteiger partial charge >= 0.3 is 0 Å². The Morgan fingerprint density at radius 3 is 2.27 bits per heavy atom. The third-order valence-electron chi connectivity index (χ3n) is 3.76. The van der Waals surface area contributed by atoms with Crippen LogP contribution in [0.15, 0.2) is 0 Å². The minimum atomic E-state index is 0.153. The second kappa shape index (κ2) is 4.81. The summed E-state index contributed by atoms with van der Waals surface area (Å²) in [4.78, 5) is 5.09. The lowest BCUT2D eigenvalue weighted by Crippen LogP contribution is -2.67. The molecule has 0 atom stereocenters. The molecule has 0 aliphatic carbocycles. The highest BCUT2D eigenvalue weighted by atomic mass is 15.3. The van der Waals surface area contributed by atoms with E-state index in [4.69, 9.17) is 5.73 Å². The van der Waals surface area contributed by atoms with E-state index in [0.29, 0.717) is 0 Å². The van der Waals surface area contributed by atoms with Gasteiger partial charge in [-0.2, -0.15) is 0 Å². The molecule has 3 heteroatoms. The zero-order valence-corrected chi connectivity index (χ0v) is 10.0. The molecule has 0 radical (unpaired) electrons. The molecule has 2 N–H and O–H groups in total. The van der Waals surface area contributed by atoms with Gasteiger partial charge in [0.1, 0.15) is 0 Å². The van der Waals surface area contributed by atoms with Gasteiger partial charge in [-0.25, -0.2) is 0 Å². The van der Waals surface area contributed by atoms with Crippen molar-refractivity contribution in [1.82, 2.24) is 9.80 Å². The van der Waals surface area contributed by atoms with Crippen molar-refractivity contribution in [1.29, 1.82) is 0 Å². The molecule has 2 fully saturated rings. The molecule has 2 aliphatic rings. The quantitative estimate of drug-likeness (QED) is 0.733. The average Bonchev–Trinajstić information content (AvgIpc) is 2.64. The van der Waals surface area contributed by atoms with E-state index in [1.54, 1.807) is 0 Å². The molecular formula is C12H25N3. The molecule has 0 aromatic heterocycles. The second-order valence-corrected chi connectivity index (χ2v) is 5.37. The molecule has 2 aliphatic heterocycles. The summed E-state index contributed by atoms with van der Waals surface area (Å²) in [5, 5.41) is 0. The zero-order chi connectivity index (χ0) is 10.7. The number of nitrogens with zero attached hydrogens (tertiary/aromatic N) is 2. The van der Waals surface area contributed by atoms with E-state index in [1.807, 2.05) is 0 Å². The molecule has 0 amide bonds. The van der Waals surface area contributed by atoms with Crippen molar-refractivity contribution in [3.8, 4) is 0 Å². The molecule has 88 valence electrons. The third-order valence-corrected chi connectivity index (χ3v) is 3.76. The summed E-state index contributed by atoms with van der Waals surface area (Å²) in [6, 6.07) is 0. The van der Waals surface area contributed by atoms with E-state index in [9.17, 15) is 0 Å². The van der Waals surface area contributed by atoms with Gasteiger partial charge < -0.3 is 10.6 Å². The van der Waals surface area contributed by atoms with Gasteiger partial charge in [0.15, 0.2) is 0 Å². The predicted molar refractivity (Wildman–Crippen MR) is 63.9 cm³/mol. The predicted octanol–water partition coefficient (Wildman–Crippen LogP) is 0.895. The molecule has 0 aromatic rings. The van der Waals surface area contributed by atoms with Crippen molar-refractivity contribution < 1.29 is 0 Å². The van der Waals surface area contributed by atoms with Gasteiger partial charge in [0.25, 0.3) is 0 Å².